The summed E-state index contributed by atoms with van der Waals surface area (Å²) in [6, 6.07) is 6.26. The van der Waals surface area contributed by atoms with E-state index >= 15 is 0 Å². The van der Waals surface area contributed by atoms with Crippen molar-refractivity contribution >= 4 is 51.7 Å². The number of nitriles is 1. The van der Waals surface area contributed by atoms with E-state index in [2.05, 4.69) is 14.9 Å². The molecule has 1 atom stereocenters. The predicted molar refractivity (Wildman–Crippen MR) is 107 cm³/mol. The Morgan fingerprint density at radius 3 is 2.42 bits per heavy atom. The highest BCUT2D eigenvalue weighted by Gasteiger charge is 2.35. The number of benzene rings is 2. The molecular weight excluding hydrogens is 482 g/mol. The van der Waals surface area contributed by atoms with E-state index in [0.717, 1.165) is 23.0 Å². The van der Waals surface area contributed by atoms with Crippen LogP contribution in [0, 0.1) is 11.3 Å². The Morgan fingerprint density at radius 1 is 1.19 bits per heavy atom. The number of nitrogens with zero attached hydrogens (tertiary/aromatic N) is 4. The van der Waals surface area contributed by atoms with Gasteiger partial charge >= 0.3 is 6.36 Å². The van der Waals surface area contributed by atoms with E-state index in [4.69, 9.17) is 40.5 Å². The SMILES string of the molecule is CC(C#N)(Cn1nc2c(Cl)cc(Cl)c(Cl)c2n1)c1cc(OC(F)(F)F)ccc1C(N)=O. The molecule has 0 fully saturated rings. The molecule has 1 amide bonds. The lowest BCUT2D eigenvalue weighted by Gasteiger charge is -2.24. The van der Waals surface area contributed by atoms with Crippen LogP contribution in [0.5, 0.6) is 5.75 Å². The topological polar surface area (TPSA) is 107 Å². The third-order valence-electron chi connectivity index (χ3n) is 4.34. The fraction of sp³-hybridized carbons (Fsp3) is 0.222. The normalized spacial score (nSPS) is 13.6. The molecule has 31 heavy (non-hydrogen) atoms. The van der Waals surface area contributed by atoms with Gasteiger partial charge in [-0.3, -0.25) is 4.79 Å². The van der Waals surface area contributed by atoms with Crippen LogP contribution in [0.25, 0.3) is 11.0 Å². The summed E-state index contributed by atoms with van der Waals surface area (Å²) in [4.78, 5) is 13.0. The summed E-state index contributed by atoms with van der Waals surface area (Å²) in [6.07, 6.45) is -4.97. The maximum atomic E-state index is 12.6. The van der Waals surface area contributed by atoms with Gasteiger partial charge in [0.2, 0.25) is 5.91 Å². The average molecular weight is 493 g/mol. The van der Waals surface area contributed by atoms with Crippen molar-refractivity contribution in [3.8, 4) is 11.8 Å². The number of halogens is 6. The van der Waals surface area contributed by atoms with Crippen LogP contribution in [0.2, 0.25) is 15.1 Å². The molecular formula is C18H11Cl3F3N5O2. The monoisotopic (exact) mass is 491 g/mol. The summed E-state index contributed by atoms with van der Waals surface area (Å²) in [5.41, 5.74) is 3.89. The van der Waals surface area contributed by atoms with Crippen LogP contribution in [0.3, 0.4) is 0 Å². The highest BCUT2D eigenvalue weighted by atomic mass is 35.5. The molecule has 13 heteroatoms. The number of hydrogen-bond acceptors (Lipinski definition) is 5. The zero-order valence-electron chi connectivity index (χ0n) is 15.5. The van der Waals surface area contributed by atoms with Gasteiger partial charge < -0.3 is 10.5 Å². The molecule has 0 aliphatic carbocycles. The van der Waals surface area contributed by atoms with Crippen molar-refractivity contribution in [3.63, 3.8) is 0 Å². The third kappa shape index (κ3) is 4.63. The maximum Gasteiger partial charge on any atom is 0.573 e. The molecule has 3 aromatic rings. The molecule has 162 valence electrons. The molecule has 1 heterocycles. The predicted octanol–water partition coefficient (Wildman–Crippen LogP) is 4.87. The molecule has 0 saturated carbocycles. The molecule has 0 spiro atoms. The number of primary amides is 1. The van der Waals surface area contributed by atoms with Crippen molar-refractivity contribution in [1.29, 1.82) is 5.26 Å². The number of hydrogen-bond donors (Lipinski definition) is 1. The van der Waals surface area contributed by atoms with Crippen LogP contribution in [-0.4, -0.2) is 27.3 Å². The molecule has 7 nitrogen and oxygen atoms in total. The van der Waals surface area contributed by atoms with Gasteiger partial charge in [0.1, 0.15) is 22.2 Å². The summed E-state index contributed by atoms with van der Waals surface area (Å²) >= 11 is 18.2. The fourth-order valence-electron chi connectivity index (χ4n) is 2.94. The van der Waals surface area contributed by atoms with Crippen molar-refractivity contribution < 1.29 is 22.7 Å². The highest BCUT2D eigenvalue weighted by molar-refractivity contribution is 6.47. The first-order valence-corrected chi connectivity index (χ1v) is 9.47. The minimum atomic E-state index is -4.97. The Labute approximate surface area is 188 Å². The van der Waals surface area contributed by atoms with E-state index < -0.39 is 23.4 Å². The first-order chi connectivity index (χ1) is 14.3. The summed E-state index contributed by atoms with van der Waals surface area (Å²) in [7, 11) is 0. The number of alkyl halides is 3. The smallest absolute Gasteiger partial charge is 0.406 e. The number of nitrogens with two attached hydrogens (primary N) is 1. The van der Waals surface area contributed by atoms with Gasteiger partial charge in [-0.15, -0.1) is 13.2 Å². The number of carbonyl (C=O) groups excluding carboxylic acids is 1. The molecule has 0 saturated heterocycles. The summed E-state index contributed by atoms with van der Waals surface area (Å²) < 4.78 is 41.8. The van der Waals surface area contributed by atoms with Gasteiger partial charge in [-0.25, -0.2) is 0 Å². The van der Waals surface area contributed by atoms with Crippen LogP contribution in [0.4, 0.5) is 13.2 Å². The molecule has 3 rings (SSSR count). The molecule has 0 aliphatic heterocycles. The molecule has 1 aromatic heterocycles. The van der Waals surface area contributed by atoms with Crippen LogP contribution < -0.4 is 10.5 Å². The van der Waals surface area contributed by atoms with E-state index in [1.54, 1.807) is 0 Å². The number of fused-ring (bicyclic) bond motifs is 1. The quantitative estimate of drug-likeness (QED) is 0.511. The van der Waals surface area contributed by atoms with Crippen LogP contribution in [0.1, 0.15) is 22.8 Å². The molecule has 1 unspecified atom stereocenters. The number of carbonyl (C=O) groups is 1. The number of rotatable bonds is 5. The Hall–Kier alpha value is -2.74. The molecule has 2 N–H and O–H groups in total. The molecule has 2 aromatic carbocycles. The van der Waals surface area contributed by atoms with E-state index in [9.17, 15) is 23.2 Å². The number of amides is 1. The van der Waals surface area contributed by atoms with Gasteiger partial charge in [0, 0.05) is 5.56 Å². The number of ether oxygens (including phenoxy) is 1. The van der Waals surface area contributed by atoms with Crippen molar-refractivity contribution in [3.05, 3.63) is 50.5 Å². The molecule has 0 radical (unpaired) electrons. The van der Waals surface area contributed by atoms with E-state index in [0.29, 0.717) is 0 Å². The van der Waals surface area contributed by atoms with Gasteiger partial charge in [0.15, 0.2) is 0 Å². The standard InChI is InChI=1S/C18H11Cl3F3N5O2/c1-17(6-25,7-29-27-14-12(20)5-11(19)13(21)15(14)28-29)10-4-8(31-18(22,23)24)2-3-9(10)16(26)30/h2-5H,7H2,1H3,(H2,26,30). The third-order valence-corrected chi connectivity index (χ3v) is 5.41. The Kier molecular flexibility index (Phi) is 5.97. The van der Waals surface area contributed by atoms with Crippen LogP contribution in [-0.2, 0) is 12.0 Å². The van der Waals surface area contributed by atoms with Crippen molar-refractivity contribution in [1.82, 2.24) is 15.0 Å². The Balaban J connectivity index is 2.12. The van der Waals surface area contributed by atoms with Crippen molar-refractivity contribution in [2.45, 2.75) is 25.2 Å². The zero-order valence-corrected chi connectivity index (χ0v) is 17.7. The molecule has 0 bridgehead atoms. The Morgan fingerprint density at radius 2 is 1.84 bits per heavy atom. The van der Waals surface area contributed by atoms with E-state index in [-0.39, 0.29) is 43.8 Å². The van der Waals surface area contributed by atoms with E-state index in [1.165, 1.54) is 13.0 Å². The van der Waals surface area contributed by atoms with Crippen molar-refractivity contribution in [2.75, 3.05) is 0 Å². The maximum absolute atomic E-state index is 12.6. The van der Waals surface area contributed by atoms with Gasteiger partial charge in [-0.1, -0.05) is 34.8 Å². The summed E-state index contributed by atoms with van der Waals surface area (Å²) in [5.74, 6) is -1.56. The average Bonchev–Trinajstić information content (AvgIpc) is 3.09. The van der Waals surface area contributed by atoms with Crippen LogP contribution >= 0.6 is 34.8 Å². The fourth-order valence-corrected chi connectivity index (χ4v) is 3.61. The van der Waals surface area contributed by atoms with Gasteiger partial charge in [0.25, 0.3) is 0 Å². The zero-order chi connectivity index (χ0) is 23.1. The lowest BCUT2D eigenvalue weighted by molar-refractivity contribution is -0.274. The second-order valence-corrected chi connectivity index (χ2v) is 7.84. The van der Waals surface area contributed by atoms with Crippen LogP contribution in [0.15, 0.2) is 24.3 Å². The second kappa shape index (κ2) is 8.07. The largest absolute Gasteiger partial charge is 0.573 e. The van der Waals surface area contributed by atoms with Gasteiger partial charge in [0.05, 0.1) is 27.7 Å². The minimum absolute atomic E-state index is 0.0874. The highest BCUT2D eigenvalue weighted by Crippen LogP contribution is 2.36. The summed E-state index contributed by atoms with van der Waals surface area (Å²) in [5, 5.41) is 18.6. The Bertz CT molecular complexity index is 1240. The summed E-state index contributed by atoms with van der Waals surface area (Å²) in [6.45, 7) is 1.11. The molecule has 0 aliphatic rings. The van der Waals surface area contributed by atoms with Crippen molar-refractivity contribution in [2.24, 2.45) is 5.73 Å². The number of aromatic nitrogens is 3. The van der Waals surface area contributed by atoms with Gasteiger partial charge in [-0.05, 0) is 36.8 Å². The second-order valence-electron chi connectivity index (χ2n) is 6.65. The van der Waals surface area contributed by atoms with E-state index in [1.807, 2.05) is 6.07 Å². The first kappa shape index (κ1) is 22.9. The van der Waals surface area contributed by atoms with Gasteiger partial charge in [-0.2, -0.15) is 20.3 Å². The lowest BCUT2D eigenvalue weighted by atomic mass is 9.81. The first-order valence-electron chi connectivity index (χ1n) is 8.34. The minimum Gasteiger partial charge on any atom is -0.406 e. The lowest BCUT2D eigenvalue weighted by Crippen LogP contribution is -2.31.